The molecule has 2 aliphatic rings. The van der Waals surface area contributed by atoms with Crippen LogP contribution in [0.5, 0.6) is 0 Å². The maximum Gasteiger partial charge on any atom is 0.00884 e. The number of benzene rings is 1. The van der Waals surface area contributed by atoms with E-state index in [1.807, 2.05) is 0 Å². The summed E-state index contributed by atoms with van der Waals surface area (Å²) in [5.41, 5.74) is 3.23. The Kier molecular flexibility index (Phi) is 4.19. The summed E-state index contributed by atoms with van der Waals surface area (Å²) in [4.78, 5) is 2.68. The third-order valence-corrected chi connectivity index (χ3v) is 4.97. The van der Waals surface area contributed by atoms with Gasteiger partial charge in [-0.2, -0.15) is 0 Å². The predicted octanol–water partition coefficient (Wildman–Crippen LogP) is 2.79. The minimum Gasteiger partial charge on any atom is -0.317 e. The fraction of sp³-hybridized carbons (Fsp3) is 0.647. The van der Waals surface area contributed by atoms with E-state index in [2.05, 4.69) is 41.5 Å². The smallest absolute Gasteiger partial charge is 0.00884 e. The molecule has 0 aromatic heterocycles. The quantitative estimate of drug-likeness (QED) is 0.897. The summed E-state index contributed by atoms with van der Waals surface area (Å²) in [5.74, 6) is 0.774. The topological polar surface area (TPSA) is 15.3 Å². The molecular formula is C17H26N2. The van der Waals surface area contributed by atoms with Gasteiger partial charge in [0, 0.05) is 12.6 Å². The van der Waals surface area contributed by atoms with Gasteiger partial charge in [0.05, 0.1) is 0 Å². The van der Waals surface area contributed by atoms with E-state index in [1.54, 1.807) is 11.1 Å². The number of nitrogens with zero attached hydrogens (tertiary/aromatic N) is 1. The Morgan fingerprint density at radius 2 is 1.95 bits per heavy atom. The highest BCUT2D eigenvalue weighted by Crippen LogP contribution is 2.32. The minimum atomic E-state index is 0.745. The van der Waals surface area contributed by atoms with Crippen LogP contribution in [0.2, 0.25) is 0 Å². The Bertz CT molecular complexity index is 407. The molecular weight excluding hydrogens is 232 g/mol. The van der Waals surface area contributed by atoms with Gasteiger partial charge in [0.1, 0.15) is 0 Å². The van der Waals surface area contributed by atoms with E-state index < -0.39 is 0 Å². The summed E-state index contributed by atoms with van der Waals surface area (Å²) >= 11 is 0. The van der Waals surface area contributed by atoms with Gasteiger partial charge in [-0.05, 0) is 69.3 Å². The van der Waals surface area contributed by atoms with Gasteiger partial charge in [-0.15, -0.1) is 0 Å². The molecule has 1 atom stereocenters. The molecule has 3 rings (SSSR count). The third kappa shape index (κ3) is 3.01. The summed E-state index contributed by atoms with van der Waals surface area (Å²) in [7, 11) is 2.09. The molecule has 1 unspecified atom stereocenters. The van der Waals surface area contributed by atoms with Gasteiger partial charge in [-0.1, -0.05) is 24.3 Å². The van der Waals surface area contributed by atoms with E-state index in [0.717, 1.165) is 12.0 Å². The summed E-state index contributed by atoms with van der Waals surface area (Å²) < 4.78 is 0. The van der Waals surface area contributed by atoms with Gasteiger partial charge < -0.3 is 10.2 Å². The summed E-state index contributed by atoms with van der Waals surface area (Å²) in [6.07, 6.45) is 6.65. The van der Waals surface area contributed by atoms with Crippen molar-refractivity contribution in [2.24, 2.45) is 0 Å². The zero-order chi connectivity index (χ0) is 13.1. The molecule has 0 saturated carbocycles. The van der Waals surface area contributed by atoms with E-state index >= 15 is 0 Å². The molecule has 1 aromatic carbocycles. The number of fused-ring (bicyclic) bond motifs is 1. The molecule has 1 saturated heterocycles. The first-order valence-electron chi connectivity index (χ1n) is 7.84. The van der Waals surface area contributed by atoms with Crippen LogP contribution >= 0.6 is 0 Å². The van der Waals surface area contributed by atoms with E-state index in [4.69, 9.17) is 0 Å². The van der Waals surface area contributed by atoms with Gasteiger partial charge >= 0.3 is 0 Å². The SMILES string of the molecule is CNC1CCN(CC2CCCc3ccccc32)CC1. The van der Waals surface area contributed by atoms with Crippen molar-refractivity contribution in [3.05, 3.63) is 35.4 Å². The summed E-state index contributed by atoms with van der Waals surface area (Å²) in [6.45, 7) is 3.81. The number of aryl methyl sites for hydroxylation is 1. The molecule has 1 aliphatic carbocycles. The van der Waals surface area contributed by atoms with Gasteiger partial charge in [-0.3, -0.25) is 0 Å². The molecule has 0 spiro atoms. The number of piperidine rings is 1. The van der Waals surface area contributed by atoms with Crippen LogP contribution in [-0.4, -0.2) is 37.6 Å². The van der Waals surface area contributed by atoms with E-state index in [0.29, 0.717) is 0 Å². The maximum absolute atomic E-state index is 3.42. The normalized spacial score (nSPS) is 25.2. The van der Waals surface area contributed by atoms with Crippen LogP contribution in [0.4, 0.5) is 0 Å². The Hall–Kier alpha value is -0.860. The maximum atomic E-state index is 3.42. The summed E-state index contributed by atoms with van der Waals surface area (Å²) in [5, 5.41) is 3.42. The van der Waals surface area contributed by atoms with E-state index in [-0.39, 0.29) is 0 Å². The molecule has 1 aromatic rings. The van der Waals surface area contributed by atoms with Gasteiger partial charge in [-0.25, -0.2) is 0 Å². The second kappa shape index (κ2) is 6.06. The van der Waals surface area contributed by atoms with Crippen LogP contribution in [0, 0.1) is 0 Å². The van der Waals surface area contributed by atoms with Crippen molar-refractivity contribution in [1.82, 2.24) is 10.2 Å². The predicted molar refractivity (Wildman–Crippen MR) is 80.6 cm³/mol. The van der Waals surface area contributed by atoms with Crippen molar-refractivity contribution < 1.29 is 0 Å². The van der Waals surface area contributed by atoms with Crippen molar-refractivity contribution in [2.75, 3.05) is 26.7 Å². The van der Waals surface area contributed by atoms with Crippen molar-refractivity contribution in [3.8, 4) is 0 Å². The zero-order valence-electron chi connectivity index (χ0n) is 12.1. The number of rotatable bonds is 3. The summed E-state index contributed by atoms with van der Waals surface area (Å²) in [6, 6.07) is 9.84. The van der Waals surface area contributed by atoms with Crippen molar-refractivity contribution in [1.29, 1.82) is 0 Å². The molecule has 2 heteroatoms. The molecule has 0 radical (unpaired) electrons. The van der Waals surface area contributed by atoms with Gasteiger partial charge in [0.15, 0.2) is 0 Å². The number of hydrogen-bond donors (Lipinski definition) is 1. The fourth-order valence-corrected chi connectivity index (χ4v) is 3.76. The molecule has 1 N–H and O–H groups in total. The van der Waals surface area contributed by atoms with Crippen molar-refractivity contribution in [3.63, 3.8) is 0 Å². The molecule has 104 valence electrons. The van der Waals surface area contributed by atoms with Crippen LogP contribution in [0.15, 0.2) is 24.3 Å². The fourth-order valence-electron chi connectivity index (χ4n) is 3.76. The zero-order valence-corrected chi connectivity index (χ0v) is 12.1. The number of hydrogen-bond acceptors (Lipinski definition) is 2. The highest BCUT2D eigenvalue weighted by Gasteiger charge is 2.24. The Morgan fingerprint density at radius 3 is 2.74 bits per heavy atom. The Morgan fingerprint density at radius 1 is 1.16 bits per heavy atom. The molecule has 0 amide bonds. The average Bonchev–Trinajstić information content (AvgIpc) is 2.48. The highest BCUT2D eigenvalue weighted by molar-refractivity contribution is 5.32. The molecule has 2 nitrogen and oxygen atoms in total. The van der Waals surface area contributed by atoms with E-state index in [9.17, 15) is 0 Å². The molecule has 1 aliphatic heterocycles. The largest absolute Gasteiger partial charge is 0.317 e. The molecule has 0 bridgehead atoms. The van der Waals surface area contributed by atoms with Crippen LogP contribution in [0.25, 0.3) is 0 Å². The van der Waals surface area contributed by atoms with Crippen molar-refractivity contribution >= 4 is 0 Å². The average molecular weight is 258 g/mol. The van der Waals surface area contributed by atoms with Crippen LogP contribution in [0.3, 0.4) is 0 Å². The molecule has 1 fully saturated rings. The van der Waals surface area contributed by atoms with Crippen molar-refractivity contribution in [2.45, 2.75) is 44.1 Å². The lowest BCUT2D eigenvalue weighted by molar-refractivity contribution is 0.186. The number of nitrogens with one attached hydrogen (secondary N) is 1. The lowest BCUT2D eigenvalue weighted by Gasteiger charge is -2.36. The second-order valence-corrected chi connectivity index (χ2v) is 6.15. The first-order chi connectivity index (χ1) is 9.36. The first kappa shape index (κ1) is 13.1. The third-order valence-electron chi connectivity index (χ3n) is 4.97. The molecule has 1 heterocycles. The highest BCUT2D eigenvalue weighted by atomic mass is 15.1. The number of likely N-dealkylation sites (tertiary alicyclic amines) is 1. The lowest BCUT2D eigenvalue weighted by atomic mass is 9.82. The van der Waals surface area contributed by atoms with Crippen LogP contribution in [0.1, 0.15) is 42.7 Å². The second-order valence-electron chi connectivity index (χ2n) is 6.15. The first-order valence-corrected chi connectivity index (χ1v) is 7.84. The Labute approximate surface area is 117 Å². The van der Waals surface area contributed by atoms with Gasteiger partial charge in [0.2, 0.25) is 0 Å². The molecule has 19 heavy (non-hydrogen) atoms. The Balaban J connectivity index is 1.62. The minimum absolute atomic E-state index is 0.745. The monoisotopic (exact) mass is 258 g/mol. The van der Waals surface area contributed by atoms with Crippen LogP contribution in [-0.2, 0) is 6.42 Å². The standard InChI is InChI=1S/C17H26N2/c1-18-16-9-11-19(12-10-16)13-15-7-4-6-14-5-2-3-8-17(14)15/h2-3,5,8,15-16,18H,4,6-7,9-13H2,1H3. The van der Waals surface area contributed by atoms with Gasteiger partial charge in [0.25, 0.3) is 0 Å². The van der Waals surface area contributed by atoms with E-state index in [1.165, 1.54) is 51.7 Å². The lowest BCUT2D eigenvalue weighted by Crippen LogP contribution is -2.42. The van der Waals surface area contributed by atoms with Crippen LogP contribution < -0.4 is 5.32 Å².